The second kappa shape index (κ2) is 4.94. The van der Waals surface area contributed by atoms with E-state index in [4.69, 9.17) is 11.6 Å². The minimum absolute atomic E-state index is 0.158. The van der Waals surface area contributed by atoms with Crippen LogP contribution in [0.4, 0.5) is 13.2 Å². The van der Waals surface area contributed by atoms with Gasteiger partial charge in [-0.3, -0.25) is 4.98 Å². The molecule has 2 heterocycles. The van der Waals surface area contributed by atoms with E-state index in [0.29, 0.717) is 0 Å². The number of alkyl halides is 3. The molecule has 0 saturated heterocycles. The Kier molecular flexibility index (Phi) is 3.52. The maximum atomic E-state index is 12.6. The van der Waals surface area contributed by atoms with E-state index in [2.05, 4.69) is 9.97 Å². The Morgan fingerprint density at radius 3 is 2.39 bits per heavy atom. The molecule has 0 aliphatic heterocycles. The fraction of sp³-hybridized carbons (Fsp3) is 0.167. The van der Waals surface area contributed by atoms with E-state index in [1.165, 1.54) is 0 Å². The zero-order chi connectivity index (χ0) is 13.2. The lowest BCUT2D eigenvalue weighted by Crippen LogP contribution is -2.07. The summed E-state index contributed by atoms with van der Waals surface area (Å²) in [6.07, 6.45) is -0.985. The lowest BCUT2D eigenvalue weighted by Gasteiger charge is -2.09. The van der Waals surface area contributed by atoms with E-state index in [1.54, 1.807) is 24.5 Å². The molecule has 18 heavy (non-hydrogen) atoms. The summed E-state index contributed by atoms with van der Waals surface area (Å²) < 4.78 is 37.8. The van der Waals surface area contributed by atoms with E-state index < -0.39 is 11.7 Å². The van der Waals surface area contributed by atoms with Crippen LogP contribution in [0.1, 0.15) is 16.8 Å². The molecule has 0 bridgehead atoms. The Balaban J connectivity index is 2.32. The predicted octanol–water partition coefficient (Wildman–Crippen LogP) is 3.74. The maximum Gasteiger partial charge on any atom is 0.416 e. The summed E-state index contributed by atoms with van der Waals surface area (Å²) in [5, 5.41) is -0.158. The van der Waals surface area contributed by atoms with E-state index in [9.17, 15) is 13.2 Å². The molecular weight excluding hydrogens is 265 g/mol. The molecule has 94 valence electrons. The highest BCUT2D eigenvalue weighted by molar-refractivity contribution is 6.29. The number of nitrogens with zero attached hydrogens (tertiary/aromatic N) is 2. The zero-order valence-corrected chi connectivity index (χ0v) is 9.83. The standard InChI is InChI=1S/C12H8ClF3N2/c13-11-7-9(12(14,15)16)6-10(18-11)5-8-1-3-17-4-2-8/h1-4,6-7H,5H2. The minimum Gasteiger partial charge on any atom is -0.265 e. The molecule has 0 N–H and O–H groups in total. The first-order valence-electron chi connectivity index (χ1n) is 5.08. The summed E-state index contributed by atoms with van der Waals surface area (Å²) in [4.78, 5) is 7.72. The van der Waals surface area contributed by atoms with Crippen LogP contribution < -0.4 is 0 Å². The molecule has 2 aromatic heterocycles. The van der Waals surface area contributed by atoms with Crippen LogP contribution in [0.5, 0.6) is 0 Å². The van der Waals surface area contributed by atoms with Crippen LogP contribution >= 0.6 is 11.6 Å². The van der Waals surface area contributed by atoms with Gasteiger partial charge >= 0.3 is 6.18 Å². The molecule has 0 unspecified atom stereocenters. The molecule has 0 spiro atoms. The molecule has 0 amide bonds. The van der Waals surface area contributed by atoms with Crippen molar-refractivity contribution in [3.05, 3.63) is 58.6 Å². The largest absolute Gasteiger partial charge is 0.416 e. The van der Waals surface area contributed by atoms with Crippen molar-refractivity contribution in [3.63, 3.8) is 0 Å². The van der Waals surface area contributed by atoms with Gasteiger partial charge in [-0.2, -0.15) is 13.2 Å². The Morgan fingerprint density at radius 2 is 1.78 bits per heavy atom. The van der Waals surface area contributed by atoms with Gasteiger partial charge in [0.15, 0.2) is 0 Å². The van der Waals surface area contributed by atoms with Gasteiger partial charge in [-0.1, -0.05) is 11.6 Å². The fourth-order valence-corrected chi connectivity index (χ4v) is 1.74. The van der Waals surface area contributed by atoms with Crippen LogP contribution in [-0.4, -0.2) is 9.97 Å². The SMILES string of the molecule is FC(F)(F)c1cc(Cl)nc(Cc2ccncc2)c1. The Labute approximate surface area is 106 Å². The second-order valence-corrected chi connectivity index (χ2v) is 4.09. The average molecular weight is 273 g/mol. The number of hydrogen-bond donors (Lipinski definition) is 0. The normalized spacial score (nSPS) is 11.6. The van der Waals surface area contributed by atoms with Crippen molar-refractivity contribution in [2.45, 2.75) is 12.6 Å². The first kappa shape index (κ1) is 12.8. The van der Waals surface area contributed by atoms with Crippen molar-refractivity contribution in [2.75, 3.05) is 0 Å². The minimum atomic E-state index is -4.42. The van der Waals surface area contributed by atoms with Crippen LogP contribution in [-0.2, 0) is 12.6 Å². The highest BCUT2D eigenvalue weighted by Crippen LogP contribution is 2.31. The Bertz CT molecular complexity index is 541. The molecule has 0 aliphatic rings. The van der Waals surface area contributed by atoms with Crippen molar-refractivity contribution in [1.82, 2.24) is 9.97 Å². The van der Waals surface area contributed by atoms with E-state index in [1.807, 2.05) is 0 Å². The Morgan fingerprint density at radius 1 is 1.11 bits per heavy atom. The molecule has 2 aromatic rings. The predicted molar refractivity (Wildman–Crippen MR) is 61.3 cm³/mol. The molecule has 0 fully saturated rings. The van der Waals surface area contributed by atoms with Gasteiger partial charge in [0.1, 0.15) is 5.15 Å². The zero-order valence-electron chi connectivity index (χ0n) is 9.08. The topological polar surface area (TPSA) is 25.8 Å². The summed E-state index contributed by atoms with van der Waals surface area (Å²) in [5.41, 5.74) is 0.320. The third kappa shape index (κ3) is 3.20. The third-order valence-corrected chi connectivity index (χ3v) is 2.50. The highest BCUT2D eigenvalue weighted by Gasteiger charge is 2.31. The Hall–Kier alpha value is -1.62. The van der Waals surface area contributed by atoms with Gasteiger partial charge in [0.2, 0.25) is 0 Å². The smallest absolute Gasteiger partial charge is 0.265 e. The first-order valence-corrected chi connectivity index (χ1v) is 5.45. The number of pyridine rings is 2. The molecule has 0 atom stereocenters. The van der Waals surface area contributed by atoms with Crippen LogP contribution in [0, 0.1) is 0 Å². The van der Waals surface area contributed by atoms with Gasteiger partial charge in [-0.05, 0) is 29.8 Å². The van der Waals surface area contributed by atoms with Crippen molar-refractivity contribution < 1.29 is 13.2 Å². The summed E-state index contributed by atoms with van der Waals surface area (Å²) in [5.74, 6) is 0. The van der Waals surface area contributed by atoms with Gasteiger partial charge in [-0.25, -0.2) is 4.98 Å². The van der Waals surface area contributed by atoms with Gasteiger partial charge in [0, 0.05) is 24.5 Å². The molecule has 0 aromatic carbocycles. The van der Waals surface area contributed by atoms with Gasteiger partial charge in [-0.15, -0.1) is 0 Å². The van der Waals surface area contributed by atoms with Gasteiger partial charge < -0.3 is 0 Å². The molecule has 0 radical (unpaired) electrons. The van der Waals surface area contributed by atoms with Crippen molar-refractivity contribution in [1.29, 1.82) is 0 Å². The van der Waals surface area contributed by atoms with E-state index >= 15 is 0 Å². The van der Waals surface area contributed by atoms with Crippen molar-refractivity contribution in [3.8, 4) is 0 Å². The number of halogens is 4. The molecule has 0 aliphatic carbocycles. The molecule has 2 nitrogen and oxygen atoms in total. The number of hydrogen-bond acceptors (Lipinski definition) is 2. The van der Waals surface area contributed by atoms with Gasteiger partial charge in [0.25, 0.3) is 0 Å². The van der Waals surface area contributed by atoms with Crippen LogP contribution in [0.15, 0.2) is 36.7 Å². The highest BCUT2D eigenvalue weighted by atomic mass is 35.5. The molecule has 6 heteroatoms. The van der Waals surface area contributed by atoms with Crippen LogP contribution in [0.25, 0.3) is 0 Å². The maximum absolute atomic E-state index is 12.6. The summed E-state index contributed by atoms with van der Waals surface area (Å²) >= 11 is 5.60. The second-order valence-electron chi connectivity index (χ2n) is 3.70. The molecule has 0 saturated carbocycles. The molecule has 2 rings (SSSR count). The number of aromatic nitrogens is 2. The monoisotopic (exact) mass is 272 g/mol. The van der Waals surface area contributed by atoms with Crippen molar-refractivity contribution >= 4 is 11.6 Å². The third-order valence-electron chi connectivity index (χ3n) is 2.31. The summed E-state index contributed by atoms with van der Waals surface area (Å²) in [6.45, 7) is 0. The summed E-state index contributed by atoms with van der Waals surface area (Å²) in [7, 11) is 0. The van der Waals surface area contributed by atoms with Crippen LogP contribution in [0.2, 0.25) is 5.15 Å². The van der Waals surface area contributed by atoms with Crippen LogP contribution in [0.3, 0.4) is 0 Å². The van der Waals surface area contributed by atoms with E-state index in [-0.39, 0.29) is 17.3 Å². The van der Waals surface area contributed by atoms with E-state index in [0.717, 1.165) is 17.7 Å². The summed E-state index contributed by atoms with van der Waals surface area (Å²) in [6, 6.07) is 5.26. The first-order chi connectivity index (χ1) is 8.45. The van der Waals surface area contributed by atoms with Gasteiger partial charge in [0.05, 0.1) is 5.56 Å². The number of rotatable bonds is 2. The lowest BCUT2D eigenvalue weighted by atomic mass is 10.1. The quantitative estimate of drug-likeness (QED) is 0.778. The average Bonchev–Trinajstić information content (AvgIpc) is 2.28. The lowest BCUT2D eigenvalue weighted by molar-refractivity contribution is -0.137. The van der Waals surface area contributed by atoms with Crippen molar-refractivity contribution in [2.24, 2.45) is 0 Å². The fourth-order valence-electron chi connectivity index (χ4n) is 1.52. The molecular formula is C12H8ClF3N2.